The van der Waals surface area contributed by atoms with Gasteiger partial charge in [-0.2, -0.15) is 0 Å². The molecule has 0 unspecified atom stereocenters. The molecule has 4 heteroatoms. The van der Waals surface area contributed by atoms with Crippen molar-refractivity contribution in [2.24, 2.45) is 5.73 Å². The van der Waals surface area contributed by atoms with Crippen molar-refractivity contribution in [2.45, 2.75) is 25.3 Å². The molecule has 1 fully saturated rings. The summed E-state index contributed by atoms with van der Waals surface area (Å²) in [6.07, 6.45) is 1.95. The van der Waals surface area contributed by atoms with Gasteiger partial charge >= 0.3 is 0 Å². The van der Waals surface area contributed by atoms with Crippen molar-refractivity contribution >= 4 is 11.6 Å². The number of methoxy groups -OCH3 is 2. The van der Waals surface area contributed by atoms with E-state index >= 15 is 0 Å². The van der Waals surface area contributed by atoms with E-state index in [0.29, 0.717) is 10.8 Å². The summed E-state index contributed by atoms with van der Waals surface area (Å²) < 4.78 is 10.6. The number of ether oxygens (including phenoxy) is 2. The molecule has 0 amide bonds. The molecule has 1 saturated carbocycles. The van der Waals surface area contributed by atoms with Crippen LogP contribution in [-0.4, -0.2) is 14.2 Å². The fourth-order valence-electron chi connectivity index (χ4n) is 2.13. The van der Waals surface area contributed by atoms with E-state index in [1.165, 1.54) is 0 Å². The molecular formula is C12H16ClNO2. The van der Waals surface area contributed by atoms with Gasteiger partial charge in [0.1, 0.15) is 0 Å². The van der Waals surface area contributed by atoms with Crippen LogP contribution in [0.5, 0.6) is 11.5 Å². The summed E-state index contributed by atoms with van der Waals surface area (Å²) in [5, 5.41) is 0.662. The van der Waals surface area contributed by atoms with Crippen molar-refractivity contribution in [2.75, 3.05) is 14.2 Å². The van der Waals surface area contributed by atoms with E-state index in [1.807, 2.05) is 6.92 Å². The largest absolute Gasteiger partial charge is 0.493 e. The van der Waals surface area contributed by atoms with Crippen LogP contribution in [0, 0.1) is 6.92 Å². The number of hydrogen-bond acceptors (Lipinski definition) is 3. The molecule has 1 aliphatic carbocycles. The van der Waals surface area contributed by atoms with Crippen LogP contribution in [0.15, 0.2) is 6.07 Å². The quantitative estimate of drug-likeness (QED) is 0.885. The van der Waals surface area contributed by atoms with E-state index in [0.717, 1.165) is 29.7 Å². The molecule has 0 saturated heterocycles. The summed E-state index contributed by atoms with van der Waals surface area (Å²) in [4.78, 5) is 0. The van der Waals surface area contributed by atoms with E-state index in [2.05, 4.69) is 0 Å². The molecule has 2 rings (SSSR count). The van der Waals surface area contributed by atoms with Gasteiger partial charge in [-0.05, 0) is 25.3 Å². The minimum Gasteiger partial charge on any atom is -0.493 e. The minimum absolute atomic E-state index is 0.263. The van der Waals surface area contributed by atoms with Gasteiger partial charge in [0.25, 0.3) is 0 Å². The van der Waals surface area contributed by atoms with E-state index in [1.54, 1.807) is 20.3 Å². The zero-order valence-electron chi connectivity index (χ0n) is 9.76. The summed E-state index contributed by atoms with van der Waals surface area (Å²) >= 11 is 6.25. The van der Waals surface area contributed by atoms with Crippen LogP contribution in [0.25, 0.3) is 0 Å². The summed E-state index contributed by atoms with van der Waals surface area (Å²) in [5.74, 6) is 1.37. The summed E-state index contributed by atoms with van der Waals surface area (Å²) in [7, 11) is 3.22. The summed E-state index contributed by atoms with van der Waals surface area (Å²) in [6, 6.07) is 1.77. The molecule has 1 aliphatic rings. The average Bonchev–Trinajstić information content (AvgIpc) is 2.96. The van der Waals surface area contributed by atoms with Crippen molar-refractivity contribution in [3.63, 3.8) is 0 Å². The molecule has 1 aromatic rings. The molecule has 0 aromatic heterocycles. The topological polar surface area (TPSA) is 44.5 Å². The molecule has 0 bridgehead atoms. The monoisotopic (exact) mass is 241 g/mol. The van der Waals surface area contributed by atoms with Crippen LogP contribution in [0.4, 0.5) is 0 Å². The number of rotatable bonds is 3. The minimum atomic E-state index is -0.263. The average molecular weight is 242 g/mol. The maximum atomic E-state index is 6.25. The highest BCUT2D eigenvalue weighted by atomic mass is 35.5. The third-order valence-electron chi connectivity index (χ3n) is 3.15. The molecule has 0 atom stereocenters. The van der Waals surface area contributed by atoms with Crippen molar-refractivity contribution in [1.29, 1.82) is 0 Å². The molecule has 16 heavy (non-hydrogen) atoms. The van der Waals surface area contributed by atoms with E-state index in [4.69, 9.17) is 26.8 Å². The lowest BCUT2D eigenvalue weighted by molar-refractivity contribution is 0.352. The van der Waals surface area contributed by atoms with Gasteiger partial charge in [-0.1, -0.05) is 11.6 Å². The smallest absolute Gasteiger partial charge is 0.164 e. The lowest BCUT2D eigenvalue weighted by Crippen LogP contribution is -2.21. The van der Waals surface area contributed by atoms with Crippen molar-refractivity contribution < 1.29 is 9.47 Å². The van der Waals surface area contributed by atoms with Crippen molar-refractivity contribution in [3.8, 4) is 11.5 Å². The Bertz CT molecular complexity index is 428. The first-order valence-corrected chi connectivity index (χ1v) is 5.61. The van der Waals surface area contributed by atoms with E-state index in [-0.39, 0.29) is 5.54 Å². The van der Waals surface area contributed by atoms with Crippen LogP contribution in [0.2, 0.25) is 5.02 Å². The number of benzene rings is 1. The van der Waals surface area contributed by atoms with Gasteiger partial charge in [0.2, 0.25) is 0 Å². The predicted octanol–water partition coefficient (Wildman–Crippen LogP) is 2.61. The lowest BCUT2D eigenvalue weighted by Gasteiger charge is -2.19. The summed E-state index contributed by atoms with van der Waals surface area (Å²) in [6.45, 7) is 1.97. The highest BCUT2D eigenvalue weighted by Gasteiger charge is 2.43. The highest BCUT2D eigenvalue weighted by molar-refractivity contribution is 6.32. The maximum absolute atomic E-state index is 6.25. The molecule has 0 radical (unpaired) electrons. The van der Waals surface area contributed by atoms with Crippen LogP contribution in [0.1, 0.15) is 24.0 Å². The van der Waals surface area contributed by atoms with Crippen molar-refractivity contribution in [3.05, 3.63) is 22.2 Å². The molecule has 0 heterocycles. The third-order valence-corrected chi connectivity index (χ3v) is 3.44. The molecule has 1 aromatic carbocycles. The fourth-order valence-corrected chi connectivity index (χ4v) is 2.56. The van der Waals surface area contributed by atoms with Gasteiger partial charge < -0.3 is 15.2 Å². The van der Waals surface area contributed by atoms with Crippen LogP contribution < -0.4 is 15.2 Å². The van der Waals surface area contributed by atoms with Gasteiger partial charge in [0.15, 0.2) is 11.5 Å². The lowest BCUT2D eigenvalue weighted by atomic mass is 9.98. The van der Waals surface area contributed by atoms with Gasteiger partial charge in [-0.25, -0.2) is 0 Å². The normalized spacial score (nSPS) is 17.1. The second-order valence-electron chi connectivity index (χ2n) is 4.25. The zero-order chi connectivity index (χ0) is 11.9. The Morgan fingerprint density at radius 3 is 2.38 bits per heavy atom. The number of nitrogens with two attached hydrogens (primary N) is 1. The Labute approximate surface area is 100 Å². The Balaban J connectivity index is 2.62. The SMILES string of the molecule is COc1cc(Cl)c(C2(N)CC2)c(C)c1OC. The molecular weight excluding hydrogens is 226 g/mol. The first kappa shape index (κ1) is 11.6. The van der Waals surface area contributed by atoms with E-state index < -0.39 is 0 Å². The van der Waals surface area contributed by atoms with Crippen LogP contribution in [0.3, 0.4) is 0 Å². The standard InChI is InChI=1S/C12H16ClNO2/c1-7-10(12(14)4-5-12)8(13)6-9(15-2)11(7)16-3/h6H,4-5,14H2,1-3H3. The third kappa shape index (κ3) is 1.64. The van der Waals surface area contributed by atoms with Gasteiger partial charge in [-0.15, -0.1) is 0 Å². The molecule has 0 spiro atoms. The Kier molecular flexibility index (Phi) is 2.76. The molecule has 3 nitrogen and oxygen atoms in total. The first-order valence-electron chi connectivity index (χ1n) is 5.24. The Morgan fingerprint density at radius 2 is 1.94 bits per heavy atom. The molecule has 0 aliphatic heterocycles. The fraction of sp³-hybridized carbons (Fsp3) is 0.500. The molecule has 2 N–H and O–H groups in total. The second-order valence-corrected chi connectivity index (χ2v) is 4.66. The highest BCUT2D eigenvalue weighted by Crippen LogP contribution is 2.50. The first-order chi connectivity index (χ1) is 7.53. The zero-order valence-corrected chi connectivity index (χ0v) is 10.5. The molecule has 88 valence electrons. The van der Waals surface area contributed by atoms with Crippen LogP contribution in [-0.2, 0) is 5.54 Å². The number of halogens is 1. The number of hydrogen-bond donors (Lipinski definition) is 1. The van der Waals surface area contributed by atoms with Crippen LogP contribution >= 0.6 is 11.6 Å². The van der Waals surface area contributed by atoms with E-state index in [9.17, 15) is 0 Å². The van der Waals surface area contributed by atoms with Crippen molar-refractivity contribution in [1.82, 2.24) is 0 Å². The Hall–Kier alpha value is -0.930. The second kappa shape index (κ2) is 3.82. The van der Waals surface area contributed by atoms with Gasteiger partial charge in [-0.3, -0.25) is 0 Å². The summed E-state index contributed by atoms with van der Waals surface area (Å²) in [5.41, 5.74) is 7.91. The van der Waals surface area contributed by atoms with Gasteiger partial charge in [0.05, 0.1) is 14.2 Å². The van der Waals surface area contributed by atoms with Gasteiger partial charge in [0, 0.05) is 22.2 Å². The maximum Gasteiger partial charge on any atom is 0.164 e. The predicted molar refractivity (Wildman–Crippen MR) is 64.4 cm³/mol. The Morgan fingerprint density at radius 1 is 1.31 bits per heavy atom.